The first-order valence-electron chi connectivity index (χ1n) is 6.41. The molecule has 7 heteroatoms. The van der Waals surface area contributed by atoms with Crippen LogP contribution in [0, 0.1) is 13.8 Å². The molecule has 1 spiro atoms. The van der Waals surface area contributed by atoms with Crippen molar-refractivity contribution in [2.24, 2.45) is 0 Å². The summed E-state index contributed by atoms with van der Waals surface area (Å²) < 4.78 is 0. The zero-order chi connectivity index (χ0) is 14.5. The highest BCUT2D eigenvalue weighted by atomic mass is 32.1. The van der Waals surface area contributed by atoms with Crippen molar-refractivity contribution in [3.63, 3.8) is 0 Å². The second kappa shape index (κ2) is 4.31. The first-order valence-corrected chi connectivity index (χ1v) is 7.23. The molecular formula is C13H15N3O3S. The lowest BCUT2D eigenvalue weighted by Gasteiger charge is -2.21. The van der Waals surface area contributed by atoms with Gasteiger partial charge in [-0.1, -0.05) is 0 Å². The van der Waals surface area contributed by atoms with Crippen LogP contribution in [0.25, 0.3) is 0 Å². The lowest BCUT2D eigenvalue weighted by molar-refractivity contribution is -0.123. The number of nitrogens with zero attached hydrogens (tertiary/aromatic N) is 1. The third kappa shape index (κ3) is 1.89. The van der Waals surface area contributed by atoms with E-state index in [0.717, 1.165) is 9.75 Å². The summed E-state index contributed by atoms with van der Waals surface area (Å²) >= 11 is 1.58. The largest absolute Gasteiger partial charge is 0.336 e. The fourth-order valence-corrected chi connectivity index (χ4v) is 3.73. The van der Waals surface area contributed by atoms with Gasteiger partial charge in [0.2, 0.25) is 0 Å². The molecule has 3 rings (SSSR count). The number of urea groups is 1. The van der Waals surface area contributed by atoms with Crippen molar-refractivity contribution >= 4 is 29.2 Å². The van der Waals surface area contributed by atoms with Crippen molar-refractivity contribution in [1.29, 1.82) is 0 Å². The van der Waals surface area contributed by atoms with Crippen LogP contribution in [-0.2, 0) is 4.79 Å². The Balaban J connectivity index is 1.81. The summed E-state index contributed by atoms with van der Waals surface area (Å²) in [5.41, 5.74) is -0.250. The number of amides is 4. The molecule has 106 valence electrons. The highest BCUT2D eigenvalue weighted by Gasteiger charge is 2.51. The minimum Gasteiger partial charge on any atom is -0.336 e. The van der Waals surface area contributed by atoms with Gasteiger partial charge in [0.15, 0.2) is 0 Å². The second-order valence-corrected chi connectivity index (χ2v) is 6.75. The summed E-state index contributed by atoms with van der Waals surface area (Å²) in [5.74, 6) is -0.409. The number of hydrogen-bond acceptors (Lipinski definition) is 4. The van der Waals surface area contributed by atoms with Gasteiger partial charge < -0.3 is 10.2 Å². The van der Waals surface area contributed by atoms with Crippen LogP contribution in [0.1, 0.15) is 26.5 Å². The fraction of sp³-hybridized carbons (Fsp3) is 0.462. The zero-order valence-corrected chi connectivity index (χ0v) is 12.1. The van der Waals surface area contributed by atoms with E-state index >= 15 is 0 Å². The number of likely N-dealkylation sites (tertiary alicyclic amines) is 1. The van der Waals surface area contributed by atoms with Crippen LogP contribution in [0.5, 0.6) is 0 Å². The normalized spacial score (nSPS) is 25.2. The molecule has 2 aliphatic rings. The van der Waals surface area contributed by atoms with E-state index in [2.05, 4.69) is 10.6 Å². The van der Waals surface area contributed by atoms with E-state index in [-0.39, 0.29) is 18.4 Å². The molecule has 2 aliphatic heterocycles. The summed E-state index contributed by atoms with van der Waals surface area (Å²) in [5, 5.41) is 4.88. The average molecular weight is 293 g/mol. The summed E-state index contributed by atoms with van der Waals surface area (Å²) in [6, 6.07) is 1.40. The van der Waals surface area contributed by atoms with Crippen LogP contribution in [0.3, 0.4) is 0 Å². The molecule has 6 nitrogen and oxygen atoms in total. The van der Waals surface area contributed by atoms with Crippen molar-refractivity contribution in [2.75, 3.05) is 13.1 Å². The first-order chi connectivity index (χ1) is 9.41. The Morgan fingerprint density at radius 1 is 1.40 bits per heavy atom. The predicted molar refractivity (Wildman–Crippen MR) is 73.7 cm³/mol. The number of imide groups is 1. The van der Waals surface area contributed by atoms with Crippen molar-refractivity contribution in [3.05, 3.63) is 21.4 Å². The van der Waals surface area contributed by atoms with Gasteiger partial charge in [-0.3, -0.25) is 14.9 Å². The second-order valence-electron chi connectivity index (χ2n) is 5.29. The van der Waals surface area contributed by atoms with Crippen molar-refractivity contribution in [3.8, 4) is 0 Å². The van der Waals surface area contributed by atoms with Crippen molar-refractivity contribution < 1.29 is 14.4 Å². The number of aryl methyl sites for hydroxylation is 2. The number of nitrogens with one attached hydrogen (secondary N) is 2. The van der Waals surface area contributed by atoms with Gasteiger partial charge in [-0.25, -0.2) is 4.79 Å². The molecular weight excluding hydrogens is 278 g/mol. The van der Waals surface area contributed by atoms with E-state index in [1.807, 2.05) is 19.9 Å². The maximum Gasteiger partial charge on any atom is 0.322 e. The molecule has 2 saturated heterocycles. The number of thiophene rings is 1. The Labute approximate surface area is 120 Å². The van der Waals surface area contributed by atoms with Crippen LogP contribution >= 0.6 is 11.3 Å². The van der Waals surface area contributed by atoms with E-state index in [1.54, 1.807) is 16.2 Å². The van der Waals surface area contributed by atoms with Crippen LogP contribution in [0.15, 0.2) is 6.07 Å². The highest BCUT2D eigenvalue weighted by molar-refractivity contribution is 7.12. The summed E-state index contributed by atoms with van der Waals surface area (Å²) in [6.45, 7) is 4.59. The summed E-state index contributed by atoms with van der Waals surface area (Å²) in [6.07, 6.45) is 0.457. The van der Waals surface area contributed by atoms with Crippen LogP contribution in [-0.4, -0.2) is 41.4 Å². The minimum atomic E-state index is -0.939. The molecule has 0 radical (unpaired) electrons. The Morgan fingerprint density at radius 2 is 2.15 bits per heavy atom. The van der Waals surface area contributed by atoms with Gasteiger partial charge in [0.1, 0.15) is 5.54 Å². The maximum absolute atomic E-state index is 12.5. The fourth-order valence-electron chi connectivity index (χ4n) is 2.81. The smallest absolute Gasteiger partial charge is 0.322 e. The molecule has 1 aromatic rings. The van der Waals surface area contributed by atoms with E-state index in [4.69, 9.17) is 0 Å². The monoisotopic (exact) mass is 293 g/mol. The zero-order valence-electron chi connectivity index (χ0n) is 11.3. The number of carbonyl (C=O) groups excluding carboxylic acids is 3. The lowest BCUT2D eigenvalue weighted by Crippen LogP contribution is -2.49. The molecule has 0 aliphatic carbocycles. The average Bonchev–Trinajstić information content (AvgIpc) is 3.00. The van der Waals surface area contributed by atoms with Gasteiger partial charge in [0.05, 0.1) is 12.1 Å². The molecule has 2 fully saturated rings. The molecule has 1 aromatic heterocycles. The standard InChI is InChI=1S/C13H15N3O3S/c1-7-5-9(8(2)20-7)10(17)16-4-3-13(6-16)11(18)14-12(19)15-13/h5H,3-4,6H2,1-2H3,(H2,14,15,18,19). The molecule has 0 aromatic carbocycles. The Kier molecular flexibility index (Phi) is 2.82. The van der Waals surface area contributed by atoms with E-state index in [0.29, 0.717) is 18.5 Å². The predicted octanol–water partition coefficient (Wildman–Crippen LogP) is 0.789. The van der Waals surface area contributed by atoms with E-state index < -0.39 is 11.6 Å². The highest BCUT2D eigenvalue weighted by Crippen LogP contribution is 2.28. The minimum absolute atomic E-state index is 0.0716. The molecule has 3 heterocycles. The van der Waals surface area contributed by atoms with Gasteiger partial charge in [-0.2, -0.15) is 0 Å². The number of carbonyl (C=O) groups is 3. The lowest BCUT2D eigenvalue weighted by atomic mass is 9.99. The first kappa shape index (κ1) is 13.1. The van der Waals surface area contributed by atoms with Crippen LogP contribution < -0.4 is 10.6 Å². The summed E-state index contributed by atoms with van der Waals surface area (Å²) in [4.78, 5) is 39.3. The van der Waals surface area contributed by atoms with Crippen LogP contribution in [0.4, 0.5) is 4.79 Å². The van der Waals surface area contributed by atoms with Gasteiger partial charge >= 0.3 is 6.03 Å². The van der Waals surface area contributed by atoms with Crippen molar-refractivity contribution in [2.45, 2.75) is 25.8 Å². The van der Waals surface area contributed by atoms with Crippen molar-refractivity contribution in [1.82, 2.24) is 15.5 Å². The molecule has 4 amide bonds. The third-order valence-electron chi connectivity index (χ3n) is 3.84. The Hall–Kier alpha value is -1.89. The Bertz CT molecular complexity index is 624. The molecule has 0 bridgehead atoms. The van der Waals surface area contributed by atoms with E-state index in [1.165, 1.54) is 0 Å². The van der Waals surface area contributed by atoms with Gasteiger partial charge in [0, 0.05) is 16.3 Å². The van der Waals surface area contributed by atoms with Gasteiger partial charge in [-0.05, 0) is 26.3 Å². The topological polar surface area (TPSA) is 78.5 Å². The van der Waals surface area contributed by atoms with Crippen LogP contribution in [0.2, 0.25) is 0 Å². The van der Waals surface area contributed by atoms with E-state index in [9.17, 15) is 14.4 Å². The molecule has 0 saturated carbocycles. The molecule has 1 atom stereocenters. The quantitative estimate of drug-likeness (QED) is 0.751. The SMILES string of the molecule is Cc1cc(C(=O)N2CCC3(C2)NC(=O)NC3=O)c(C)s1. The third-order valence-corrected chi connectivity index (χ3v) is 4.81. The molecule has 1 unspecified atom stereocenters. The number of hydrogen-bond donors (Lipinski definition) is 2. The molecule has 2 N–H and O–H groups in total. The van der Waals surface area contributed by atoms with Gasteiger partial charge in [-0.15, -0.1) is 11.3 Å². The maximum atomic E-state index is 12.5. The Morgan fingerprint density at radius 3 is 2.70 bits per heavy atom. The number of rotatable bonds is 1. The van der Waals surface area contributed by atoms with Gasteiger partial charge in [0.25, 0.3) is 11.8 Å². The molecule has 20 heavy (non-hydrogen) atoms. The summed E-state index contributed by atoms with van der Waals surface area (Å²) in [7, 11) is 0.